The summed E-state index contributed by atoms with van der Waals surface area (Å²) in [6.45, 7) is 4.05. The summed E-state index contributed by atoms with van der Waals surface area (Å²) < 4.78 is 0. The van der Waals surface area contributed by atoms with E-state index in [0.29, 0.717) is 12.2 Å². The van der Waals surface area contributed by atoms with Crippen LogP contribution in [0.5, 0.6) is 0 Å². The lowest BCUT2D eigenvalue weighted by Gasteiger charge is -2.08. The number of carbonyl (C=O) groups is 1. The van der Waals surface area contributed by atoms with Crippen molar-refractivity contribution in [2.45, 2.75) is 20.4 Å². The molecule has 1 aromatic heterocycles. The number of aromatic nitrogens is 2. The summed E-state index contributed by atoms with van der Waals surface area (Å²) in [6.07, 6.45) is 0. The molecule has 1 amide bonds. The average Bonchev–Trinajstić information content (AvgIpc) is 2.41. The fourth-order valence-corrected chi connectivity index (χ4v) is 1.65. The minimum Gasteiger partial charge on any atom is -0.382 e. The molecule has 1 aromatic carbocycles. The van der Waals surface area contributed by atoms with Crippen LogP contribution in [-0.2, 0) is 6.54 Å². The molecule has 0 aliphatic carbocycles. The van der Waals surface area contributed by atoms with Crippen LogP contribution >= 0.6 is 0 Å². The van der Waals surface area contributed by atoms with Gasteiger partial charge >= 0.3 is 0 Å². The van der Waals surface area contributed by atoms with E-state index < -0.39 is 0 Å². The van der Waals surface area contributed by atoms with Gasteiger partial charge in [0.15, 0.2) is 11.5 Å². The van der Waals surface area contributed by atoms with E-state index in [1.165, 1.54) is 0 Å². The second-order valence-electron chi connectivity index (χ2n) is 4.30. The van der Waals surface area contributed by atoms with Gasteiger partial charge in [0.25, 0.3) is 5.91 Å². The van der Waals surface area contributed by atoms with Crippen molar-refractivity contribution < 1.29 is 4.79 Å². The van der Waals surface area contributed by atoms with Gasteiger partial charge in [-0.2, -0.15) is 0 Å². The smallest absolute Gasteiger partial charge is 0.273 e. The molecule has 1 heterocycles. The monoisotopic (exact) mass is 256 g/mol. The highest BCUT2D eigenvalue weighted by Gasteiger charge is 2.14. The summed E-state index contributed by atoms with van der Waals surface area (Å²) >= 11 is 0. The number of aryl methyl sites for hydroxylation is 2. The fraction of sp³-hybridized carbons (Fsp3) is 0.214. The Bertz CT molecular complexity index is 596. The molecule has 0 atom stereocenters. The second-order valence-corrected chi connectivity index (χ2v) is 4.30. The van der Waals surface area contributed by atoms with Crippen LogP contribution in [0.25, 0.3) is 0 Å². The van der Waals surface area contributed by atoms with Crippen LogP contribution < -0.4 is 11.1 Å². The van der Waals surface area contributed by atoms with Gasteiger partial charge in [-0.15, -0.1) is 0 Å². The van der Waals surface area contributed by atoms with E-state index in [1.807, 2.05) is 37.3 Å². The summed E-state index contributed by atoms with van der Waals surface area (Å²) in [7, 11) is 0. The molecule has 0 saturated heterocycles. The maximum atomic E-state index is 12.0. The first-order chi connectivity index (χ1) is 9.08. The van der Waals surface area contributed by atoms with Crippen LogP contribution in [-0.4, -0.2) is 15.9 Å². The van der Waals surface area contributed by atoms with Gasteiger partial charge < -0.3 is 11.1 Å². The number of carbonyl (C=O) groups excluding carboxylic acids is 1. The number of nitrogens with one attached hydrogen (secondary N) is 1. The van der Waals surface area contributed by atoms with Crippen molar-refractivity contribution in [1.82, 2.24) is 15.3 Å². The van der Waals surface area contributed by atoms with Crippen molar-refractivity contribution in [2.75, 3.05) is 5.73 Å². The molecule has 0 saturated carbocycles. The first kappa shape index (κ1) is 13.0. The second kappa shape index (κ2) is 5.48. The van der Waals surface area contributed by atoms with Crippen LogP contribution in [0.2, 0.25) is 0 Å². The van der Waals surface area contributed by atoms with E-state index in [9.17, 15) is 4.79 Å². The normalized spacial score (nSPS) is 10.2. The molecule has 2 aromatic rings. The zero-order chi connectivity index (χ0) is 13.8. The van der Waals surface area contributed by atoms with Crippen molar-refractivity contribution in [3.8, 4) is 0 Å². The number of benzene rings is 1. The first-order valence-electron chi connectivity index (χ1n) is 6.01. The molecular formula is C14H16N4O. The highest BCUT2D eigenvalue weighted by molar-refractivity contribution is 5.96. The number of nitrogen functional groups attached to an aromatic ring is 1. The number of hydrogen-bond donors (Lipinski definition) is 2. The summed E-state index contributed by atoms with van der Waals surface area (Å²) in [5.74, 6) is -0.148. The van der Waals surface area contributed by atoms with E-state index in [-0.39, 0.29) is 17.4 Å². The Morgan fingerprint density at radius 2 is 1.79 bits per heavy atom. The summed E-state index contributed by atoms with van der Waals surface area (Å²) in [5.41, 5.74) is 8.37. The van der Waals surface area contributed by atoms with Gasteiger partial charge in [-0.05, 0) is 19.4 Å². The van der Waals surface area contributed by atoms with Gasteiger partial charge in [-0.3, -0.25) is 4.79 Å². The SMILES string of the molecule is Cc1nc(N)c(C(=O)NCc2ccccc2)nc1C. The van der Waals surface area contributed by atoms with Crippen molar-refractivity contribution in [2.24, 2.45) is 0 Å². The Morgan fingerprint density at radius 1 is 1.16 bits per heavy atom. The quantitative estimate of drug-likeness (QED) is 0.874. The highest BCUT2D eigenvalue weighted by Crippen LogP contribution is 2.09. The number of amides is 1. The van der Waals surface area contributed by atoms with Gasteiger partial charge in [0.2, 0.25) is 0 Å². The average molecular weight is 256 g/mol. The van der Waals surface area contributed by atoms with Gasteiger partial charge in [0.1, 0.15) is 0 Å². The van der Waals surface area contributed by atoms with Crippen molar-refractivity contribution in [3.05, 3.63) is 53.0 Å². The molecule has 2 rings (SSSR count). The van der Waals surface area contributed by atoms with E-state index in [4.69, 9.17) is 5.73 Å². The molecule has 5 nitrogen and oxygen atoms in total. The molecule has 0 fully saturated rings. The van der Waals surface area contributed by atoms with E-state index in [0.717, 1.165) is 11.3 Å². The third-order valence-electron chi connectivity index (χ3n) is 2.84. The molecule has 98 valence electrons. The topological polar surface area (TPSA) is 80.9 Å². The Labute approximate surface area is 111 Å². The lowest BCUT2D eigenvalue weighted by atomic mass is 10.2. The van der Waals surface area contributed by atoms with Crippen LogP contribution in [0.1, 0.15) is 27.4 Å². The number of anilines is 1. The van der Waals surface area contributed by atoms with Gasteiger partial charge in [-0.1, -0.05) is 30.3 Å². The van der Waals surface area contributed by atoms with Crippen LogP contribution in [0.4, 0.5) is 5.82 Å². The van der Waals surface area contributed by atoms with Crippen molar-refractivity contribution >= 4 is 11.7 Å². The molecule has 19 heavy (non-hydrogen) atoms. The molecule has 5 heteroatoms. The third kappa shape index (κ3) is 3.07. The Morgan fingerprint density at radius 3 is 2.47 bits per heavy atom. The van der Waals surface area contributed by atoms with Gasteiger partial charge in [0.05, 0.1) is 11.4 Å². The summed E-state index contributed by atoms with van der Waals surface area (Å²) in [4.78, 5) is 20.3. The minimum absolute atomic E-state index is 0.161. The molecule has 0 radical (unpaired) electrons. The summed E-state index contributed by atoms with van der Waals surface area (Å²) in [6, 6.07) is 9.65. The molecule has 0 aliphatic heterocycles. The van der Waals surface area contributed by atoms with E-state index >= 15 is 0 Å². The number of nitrogens with two attached hydrogens (primary N) is 1. The molecule has 0 bridgehead atoms. The van der Waals surface area contributed by atoms with E-state index in [1.54, 1.807) is 6.92 Å². The highest BCUT2D eigenvalue weighted by atomic mass is 16.1. The zero-order valence-corrected chi connectivity index (χ0v) is 11.0. The maximum absolute atomic E-state index is 12.0. The molecule has 0 aliphatic rings. The lowest BCUT2D eigenvalue weighted by Crippen LogP contribution is -2.26. The van der Waals surface area contributed by atoms with Crippen LogP contribution in [0, 0.1) is 13.8 Å². The number of nitrogens with zero attached hydrogens (tertiary/aromatic N) is 2. The molecule has 0 spiro atoms. The first-order valence-corrected chi connectivity index (χ1v) is 6.01. The molecular weight excluding hydrogens is 240 g/mol. The maximum Gasteiger partial charge on any atom is 0.273 e. The predicted molar refractivity (Wildman–Crippen MR) is 73.5 cm³/mol. The lowest BCUT2D eigenvalue weighted by molar-refractivity contribution is 0.0946. The van der Waals surface area contributed by atoms with E-state index in [2.05, 4.69) is 15.3 Å². The number of rotatable bonds is 3. The predicted octanol–water partition coefficient (Wildman–Crippen LogP) is 1.61. The van der Waals surface area contributed by atoms with Crippen LogP contribution in [0.15, 0.2) is 30.3 Å². The van der Waals surface area contributed by atoms with Crippen molar-refractivity contribution in [1.29, 1.82) is 0 Å². The largest absolute Gasteiger partial charge is 0.382 e. The molecule has 0 unspecified atom stereocenters. The number of hydrogen-bond acceptors (Lipinski definition) is 4. The van der Waals surface area contributed by atoms with Crippen LogP contribution in [0.3, 0.4) is 0 Å². The third-order valence-corrected chi connectivity index (χ3v) is 2.84. The molecule has 3 N–H and O–H groups in total. The fourth-order valence-electron chi connectivity index (χ4n) is 1.65. The Balaban J connectivity index is 2.10. The summed E-state index contributed by atoms with van der Waals surface area (Å²) in [5, 5.41) is 2.78. The Kier molecular flexibility index (Phi) is 3.75. The minimum atomic E-state index is -0.308. The van der Waals surface area contributed by atoms with Gasteiger partial charge in [0, 0.05) is 6.54 Å². The standard InChI is InChI=1S/C14H16N4O/c1-9-10(2)18-13(15)12(17-9)14(19)16-8-11-6-4-3-5-7-11/h3-7H,8H2,1-2H3,(H2,15,18)(H,16,19). The van der Waals surface area contributed by atoms with Gasteiger partial charge in [-0.25, -0.2) is 9.97 Å². The Hall–Kier alpha value is -2.43. The van der Waals surface area contributed by atoms with Crippen molar-refractivity contribution in [3.63, 3.8) is 0 Å². The zero-order valence-electron chi connectivity index (χ0n) is 11.0.